The van der Waals surface area contributed by atoms with Crippen LogP contribution in [0.15, 0.2) is 131 Å². The van der Waals surface area contributed by atoms with Gasteiger partial charge in [0.1, 0.15) is 0 Å². The van der Waals surface area contributed by atoms with E-state index in [1.54, 1.807) is 6.20 Å². The number of nitrogens with zero attached hydrogens (tertiary/aromatic N) is 2. The second-order valence-corrected chi connectivity index (χ2v) is 13.9. The van der Waals surface area contributed by atoms with Gasteiger partial charge < -0.3 is 10.7 Å². The Kier molecular flexibility index (Phi) is 11.5. The molecule has 4 aliphatic rings. The molecule has 0 saturated heterocycles. The van der Waals surface area contributed by atoms with Gasteiger partial charge in [-0.2, -0.15) is 0 Å². The average molecular weight is 687 g/mol. The zero-order valence-electron chi connectivity index (χ0n) is 31.7. The fourth-order valence-corrected chi connectivity index (χ4v) is 7.96. The normalized spacial score (nSPS) is 20.8. The van der Waals surface area contributed by atoms with E-state index in [1.807, 2.05) is 52.3 Å². The highest BCUT2D eigenvalue weighted by Crippen LogP contribution is 2.51. The maximum absolute atomic E-state index is 5.61. The smallest absolute Gasteiger partial charge is 0.0897 e. The van der Waals surface area contributed by atoms with Gasteiger partial charge in [-0.1, -0.05) is 96.2 Å². The third-order valence-electron chi connectivity index (χ3n) is 10.6. The molecule has 52 heavy (non-hydrogen) atoms. The fraction of sp³-hybridized carbons (Fsp3) is 0.292. The lowest BCUT2D eigenvalue weighted by Gasteiger charge is -2.23. The molecule has 4 nitrogen and oxygen atoms in total. The van der Waals surface area contributed by atoms with Gasteiger partial charge in [0.15, 0.2) is 0 Å². The number of allylic oxidation sites excluding steroid dienone is 6. The van der Waals surface area contributed by atoms with Gasteiger partial charge in [0.25, 0.3) is 0 Å². The lowest BCUT2D eigenvalue weighted by Crippen LogP contribution is -2.15. The monoisotopic (exact) mass is 686 g/mol. The highest BCUT2D eigenvalue weighted by atomic mass is 14.8. The predicted octanol–water partition coefficient (Wildman–Crippen LogP) is 12.3. The van der Waals surface area contributed by atoms with Crippen molar-refractivity contribution in [3.63, 3.8) is 0 Å². The van der Waals surface area contributed by atoms with Crippen LogP contribution in [0.2, 0.25) is 0 Å². The minimum atomic E-state index is -0.145. The fourth-order valence-electron chi connectivity index (χ4n) is 7.96. The highest BCUT2D eigenvalue weighted by molar-refractivity contribution is 5.87. The van der Waals surface area contributed by atoms with Gasteiger partial charge in [-0.3, -0.25) is 9.98 Å². The first-order chi connectivity index (χ1) is 25.5. The van der Waals surface area contributed by atoms with Crippen LogP contribution in [0.1, 0.15) is 113 Å². The number of H-pyrrole nitrogens is 1. The van der Waals surface area contributed by atoms with Crippen molar-refractivity contribution >= 4 is 24.1 Å². The molecule has 0 saturated carbocycles. The Morgan fingerprint density at radius 3 is 2.27 bits per heavy atom. The van der Waals surface area contributed by atoms with E-state index in [9.17, 15) is 0 Å². The topological polar surface area (TPSA) is 66.5 Å². The standard InChI is InChI=1S/C44H42N4.2C2H6/c1-44(2)39-27-30(34-22-29(8-3-4-18-45)23-36(26-34)43-11-7-21-48-43)14-16-37(39)38-17-15-31(28-40(38)44)35-24-32(41-9-5-19-46-41)12-13-33(25-35)42-10-6-20-47-42;2*1-2/h3-6,8-10,14-28,32,42-43,46H,7,11-13,45H2,1-2H3;2*1-2H3/b8-3+,18-4-;;. The van der Waals surface area contributed by atoms with Crippen molar-refractivity contribution in [2.24, 2.45) is 15.7 Å². The molecule has 8 rings (SSSR count). The molecule has 266 valence electrons. The highest BCUT2D eigenvalue weighted by Gasteiger charge is 2.36. The van der Waals surface area contributed by atoms with E-state index >= 15 is 0 Å². The SMILES string of the molecule is CC.CC.CC1(C)c2cc(C3=CC(c4ccc[nH]4)CCC(C4C=CC=N4)=C3)ccc2-c2ccc(-c3cc(/C=C/C=C\N)cc(C4CCC=N4)c3)cc21. The Hall–Kier alpha value is -5.22. The van der Waals surface area contributed by atoms with Crippen molar-refractivity contribution in [3.05, 3.63) is 155 Å². The third kappa shape index (κ3) is 7.39. The van der Waals surface area contributed by atoms with Crippen LogP contribution in [-0.4, -0.2) is 23.5 Å². The molecule has 4 aromatic rings. The van der Waals surface area contributed by atoms with E-state index < -0.39 is 0 Å². The summed E-state index contributed by atoms with van der Waals surface area (Å²) in [6, 6.07) is 25.7. The quantitative estimate of drug-likeness (QED) is 0.187. The van der Waals surface area contributed by atoms with Gasteiger partial charge in [-0.15, -0.1) is 0 Å². The second-order valence-electron chi connectivity index (χ2n) is 13.9. The summed E-state index contributed by atoms with van der Waals surface area (Å²) in [5.41, 5.74) is 21.0. The van der Waals surface area contributed by atoms with Crippen molar-refractivity contribution in [2.45, 2.75) is 90.6 Å². The molecule has 3 heterocycles. The van der Waals surface area contributed by atoms with E-state index in [1.165, 1.54) is 61.3 Å². The van der Waals surface area contributed by atoms with E-state index in [4.69, 9.17) is 15.7 Å². The first kappa shape index (κ1) is 36.6. The minimum absolute atomic E-state index is 0.136. The van der Waals surface area contributed by atoms with Crippen LogP contribution in [0.3, 0.4) is 0 Å². The molecule has 0 bridgehead atoms. The summed E-state index contributed by atoms with van der Waals surface area (Å²) >= 11 is 0. The molecule has 0 spiro atoms. The maximum Gasteiger partial charge on any atom is 0.0897 e. The number of hydrogen-bond acceptors (Lipinski definition) is 3. The van der Waals surface area contributed by atoms with E-state index in [-0.39, 0.29) is 17.5 Å². The van der Waals surface area contributed by atoms with Gasteiger partial charge >= 0.3 is 0 Å². The summed E-state index contributed by atoms with van der Waals surface area (Å²) in [6.45, 7) is 12.8. The number of aliphatic imine (C=N–C) groups is 2. The Balaban J connectivity index is 0.00000112. The third-order valence-corrected chi connectivity index (χ3v) is 10.6. The molecule has 3 atom stereocenters. The number of rotatable bonds is 7. The van der Waals surface area contributed by atoms with Gasteiger partial charge in [0.05, 0.1) is 12.1 Å². The Bertz CT molecular complexity index is 2070. The molecule has 4 heteroatoms. The molecule has 0 radical (unpaired) electrons. The minimum Gasteiger partial charge on any atom is -0.405 e. The number of fused-ring (bicyclic) bond motifs is 3. The van der Waals surface area contributed by atoms with Crippen LogP contribution in [0.25, 0.3) is 33.9 Å². The van der Waals surface area contributed by atoms with E-state index in [0.717, 1.165) is 31.2 Å². The summed E-state index contributed by atoms with van der Waals surface area (Å²) in [4.78, 5) is 13.0. The van der Waals surface area contributed by atoms with Crippen LogP contribution in [0.4, 0.5) is 0 Å². The van der Waals surface area contributed by atoms with Crippen molar-refractivity contribution in [2.75, 3.05) is 0 Å². The van der Waals surface area contributed by atoms with Gasteiger partial charge in [-0.05, 0) is 154 Å². The number of nitrogens with two attached hydrogens (primary N) is 1. The summed E-state index contributed by atoms with van der Waals surface area (Å²) in [7, 11) is 0. The van der Waals surface area contributed by atoms with Crippen molar-refractivity contribution < 1.29 is 0 Å². The van der Waals surface area contributed by atoms with Gasteiger partial charge in [-0.25, -0.2) is 0 Å². The Morgan fingerprint density at radius 1 is 0.827 bits per heavy atom. The molecular formula is C48H54N4. The van der Waals surface area contributed by atoms with Gasteiger partial charge in [0, 0.05) is 29.4 Å². The Labute approximate surface area is 311 Å². The lowest BCUT2D eigenvalue weighted by atomic mass is 9.80. The molecule has 2 aliphatic carbocycles. The van der Waals surface area contributed by atoms with Crippen molar-refractivity contribution in [3.8, 4) is 22.3 Å². The van der Waals surface area contributed by atoms with Crippen molar-refractivity contribution in [1.82, 2.24) is 4.98 Å². The Morgan fingerprint density at radius 2 is 1.60 bits per heavy atom. The number of aromatic nitrogens is 1. The summed E-state index contributed by atoms with van der Waals surface area (Å²) in [5, 5.41) is 0. The van der Waals surface area contributed by atoms with Crippen LogP contribution < -0.4 is 5.73 Å². The first-order valence-corrected chi connectivity index (χ1v) is 19.3. The number of hydrogen-bond donors (Lipinski definition) is 2. The zero-order chi connectivity index (χ0) is 36.7. The summed E-state index contributed by atoms with van der Waals surface area (Å²) in [6.07, 6.45) is 26.9. The molecule has 2 aliphatic heterocycles. The number of benzene rings is 3. The van der Waals surface area contributed by atoms with E-state index in [0.29, 0.717) is 5.92 Å². The van der Waals surface area contributed by atoms with Crippen LogP contribution in [0, 0.1) is 0 Å². The molecule has 0 fully saturated rings. The molecule has 1 aromatic heterocycles. The van der Waals surface area contributed by atoms with Crippen molar-refractivity contribution in [1.29, 1.82) is 0 Å². The van der Waals surface area contributed by atoms with E-state index in [2.05, 4.69) is 122 Å². The second kappa shape index (κ2) is 16.4. The molecule has 3 aromatic carbocycles. The number of aromatic amines is 1. The molecular weight excluding hydrogens is 633 g/mol. The first-order valence-electron chi connectivity index (χ1n) is 19.3. The van der Waals surface area contributed by atoms with Gasteiger partial charge in [0.2, 0.25) is 0 Å². The lowest BCUT2D eigenvalue weighted by molar-refractivity contribution is 0.660. The predicted molar refractivity (Wildman–Crippen MR) is 225 cm³/mol. The number of nitrogens with one attached hydrogen (secondary N) is 1. The maximum atomic E-state index is 5.61. The van der Waals surface area contributed by atoms with Crippen LogP contribution in [0.5, 0.6) is 0 Å². The summed E-state index contributed by atoms with van der Waals surface area (Å²) < 4.78 is 0. The molecule has 3 unspecified atom stereocenters. The summed E-state index contributed by atoms with van der Waals surface area (Å²) in [5.74, 6) is 0.330. The zero-order valence-corrected chi connectivity index (χ0v) is 31.7. The molecule has 3 N–H and O–H groups in total. The van der Waals surface area contributed by atoms with Crippen LogP contribution >= 0.6 is 0 Å². The largest absolute Gasteiger partial charge is 0.405 e. The van der Waals surface area contributed by atoms with Crippen LogP contribution in [-0.2, 0) is 5.41 Å². The molecule has 0 amide bonds. The average Bonchev–Trinajstić information content (AvgIpc) is 4.02.